The van der Waals surface area contributed by atoms with Crippen LogP contribution in [-0.4, -0.2) is 72.0 Å². The first kappa shape index (κ1) is 19.1. The standard InChI is InChI=1S/C19H27N3OS4/c1-3-8-20(9-4-1)19(18-26-15-27-18)17(16-7-13-24-16)25-14-12-22(19)23-21-10-5-2-6-11-21/h1,3-5,8,10,16-18H,2,6-7,9,11-15H2. The Bertz CT molecular complexity index is 622. The lowest BCUT2D eigenvalue weighted by atomic mass is 9.98. The zero-order valence-corrected chi connectivity index (χ0v) is 18.7. The van der Waals surface area contributed by atoms with Crippen LogP contribution in [0.5, 0.6) is 0 Å². The highest BCUT2D eigenvalue weighted by atomic mass is 32.3. The van der Waals surface area contributed by atoms with Gasteiger partial charge in [0.1, 0.15) is 0 Å². The summed E-state index contributed by atoms with van der Waals surface area (Å²) in [5.41, 5.74) is -0.0961. The van der Waals surface area contributed by atoms with Crippen molar-refractivity contribution in [2.24, 2.45) is 0 Å². The normalized spacial score (nSPS) is 37.3. The first-order chi connectivity index (χ1) is 13.4. The van der Waals surface area contributed by atoms with Crippen LogP contribution in [0.15, 0.2) is 36.7 Å². The number of allylic oxidation sites excluding steroid dienone is 3. The van der Waals surface area contributed by atoms with Crippen molar-refractivity contribution in [3.63, 3.8) is 0 Å². The van der Waals surface area contributed by atoms with Gasteiger partial charge in [-0.1, -0.05) is 18.2 Å². The third-order valence-electron chi connectivity index (χ3n) is 5.77. The molecule has 0 aromatic rings. The molecule has 4 nitrogen and oxygen atoms in total. The zero-order valence-electron chi connectivity index (χ0n) is 15.4. The molecule has 0 amide bonds. The van der Waals surface area contributed by atoms with Crippen molar-refractivity contribution < 1.29 is 4.94 Å². The summed E-state index contributed by atoms with van der Waals surface area (Å²) in [4.78, 5) is 9.22. The largest absolute Gasteiger partial charge is 0.351 e. The monoisotopic (exact) mass is 441 g/mol. The number of hydroxylamine groups is 4. The SMILES string of the molecule is C1=CCN(C2(C3SCS3)C(C3CCS3)SCCN2ON2C=CCCC2)C=C1. The van der Waals surface area contributed by atoms with E-state index < -0.39 is 0 Å². The second-order valence-corrected chi connectivity index (χ2v) is 12.8. The Balaban J connectivity index is 1.51. The molecule has 0 saturated carbocycles. The molecule has 148 valence electrons. The minimum absolute atomic E-state index is 0.0961. The lowest BCUT2D eigenvalue weighted by molar-refractivity contribution is -0.358. The first-order valence-electron chi connectivity index (χ1n) is 9.84. The fraction of sp³-hybridized carbons (Fsp3) is 0.684. The van der Waals surface area contributed by atoms with Gasteiger partial charge in [0.15, 0.2) is 5.66 Å². The molecule has 0 radical (unpaired) electrons. The van der Waals surface area contributed by atoms with Crippen LogP contribution in [-0.2, 0) is 4.94 Å². The molecule has 27 heavy (non-hydrogen) atoms. The van der Waals surface area contributed by atoms with Crippen LogP contribution in [0.1, 0.15) is 19.3 Å². The van der Waals surface area contributed by atoms with Crippen LogP contribution < -0.4 is 0 Å². The predicted molar refractivity (Wildman–Crippen MR) is 122 cm³/mol. The Morgan fingerprint density at radius 2 is 1.89 bits per heavy atom. The summed E-state index contributed by atoms with van der Waals surface area (Å²) in [7, 11) is 0. The fourth-order valence-corrected chi connectivity index (χ4v) is 9.74. The Kier molecular flexibility index (Phi) is 6.01. The lowest BCUT2D eigenvalue weighted by Crippen LogP contribution is -2.75. The van der Waals surface area contributed by atoms with E-state index in [0.29, 0.717) is 9.83 Å². The molecule has 3 unspecified atom stereocenters. The van der Waals surface area contributed by atoms with Gasteiger partial charge in [-0.05, 0) is 31.1 Å². The molecule has 3 atom stereocenters. The molecule has 0 bridgehead atoms. The van der Waals surface area contributed by atoms with Gasteiger partial charge in [0.25, 0.3) is 0 Å². The fourth-order valence-electron chi connectivity index (χ4n) is 4.32. The zero-order chi connectivity index (χ0) is 18.1. The van der Waals surface area contributed by atoms with E-state index in [1.54, 1.807) is 0 Å². The average molecular weight is 442 g/mol. The summed E-state index contributed by atoms with van der Waals surface area (Å²) >= 11 is 8.56. The quantitative estimate of drug-likeness (QED) is 0.624. The summed E-state index contributed by atoms with van der Waals surface area (Å²) in [6.45, 7) is 2.94. The van der Waals surface area contributed by atoms with E-state index in [0.717, 1.165) is 37.1 Å². The minimum Gasteiger partial charge on any atom is -0.351 e. The van der Waals surface area contributed by atoms with Gasteiger partial charge in [0.05, 0.1) is 9.83 Å². The van der Waals surface area contributed by atoms with Crippen LogP contribution in [0.3, 0.4) is 0 Å². The van der Waals surface area contributed by atoms with Gasteiger partial charge in [0.2, 0.25) is 0 Å². The predicted octanol–water partition coefficient (Wildman–Crippen LogP) is 4.21. The van der Waals surface area contributed by atoms with Crippen molar-refractivity contribution in [3.8, 4) is 0 Å². The molecular weight excluding hydrogens is 414 g/mol. The third kappa shape index (κ3) is 3.48. The molecule has 0 N–H and O–H groups in total. The van der Waals surface area contributed by atoms with Crippen molar-refractivity contribution in [1.29, 1.82) is 0 Å². The molecule has 5 heterocycles. The Hall–Kier alpha value is 0.140. The van der Waals surface area contributed by atoms with Crippen molar-refractivity contribution in [1.82, 2.24) is 15.0 Å². The summed E-state index contributed by atoms with van der Waals surface area (Å²) < 4.78 is 0.529. The molecule has 0 aromatic carbocycles. The van der Waals surface area contributed by atoms with E-state index in [1.807, 2.05) is 0 Å². The van der Waals surface area contributed by atoms with E-state index in [-0.39, 0.29) is 5.66 Å². The van der Waals surface area contributed by atoms with E-state index >= 15 is 0 Å². The van der Waals surface area contributed by atoms with Crippen molar-refractivity contribution >= 4 is 47.0 Å². The Labute approximate surface area is 179 Å². The van der Waals surface area contributed by atoms with Crippen molar-refractivity contribution in [3.05, 3.63) is 36.7 Å². The van der Waals surface area contributed by atoms with Crippen LogP contribution >= 0.6 is 47.0 Å². The molecule has 5 rings (SSSR count). The first-order valence-corrected chi connectivity index (χ1v) is 14.0. The van der Waals surface area contributed by atoms with Gasteiger partial charge in [-0.2, -0.15) is 28.5 Å². The molecule has 0 aliphatic carbocycles. The second kappa shape index (κ2) is 8.48. The maximum absolute atomic E-state index is 6.64. The van der Waals surface area contributed by atoms with Gasteiger partial charge in [-0.3, -0.25) is 0 Å². The Morgan fingerprint density at radius 1 is 0.963 bits per heavy atom. The molecule has 0 aromatic heterocycles. The molecule has 5 aliphatic heterocycles. The van der Waals surface area contributed by atoms with Crippen LogP contribution in [0.25, 0.3) is 0 Å². The molecule has 0 spiro atoms. The highest BCUT2D eigenvalue weighted by Gasteiger charge is 2.62. The Morgan fingerprint density at radius 3 is 2.52 bits per heavy atom. The van der Waals surface area contributed by atoms with E-state index in [1.165, 1.54) is 23.7 Å². The molecule has 3 saturated heterocycles. The summed E-state index contributed by atoms with van der Waals surface area (Å²) in [6, 6.07) is 0. The number of rotatable bonds is 5. The summed E-state index contributed by atoms with van der Waals surface area (Å²) in [5.74, 6) is 2.46. The average Bonchev–Trinajstić information content (AvgIpc) is 2.63. The lowest BCUT2D eigenvalue weighted by Gasteiger charge is -2.62. The van der Waals surface area contributed by atoms with Gasteiger partial charge in [0, 0.05) is 48.1 Å². The van der Waals surface area contributed by atoms with E-state index in [2.05, 4.69) is 98.8 Å². The van der Waals surface area contributed by atoms with Gasteiger partial charge in [-0.15, -0.1) is 28.6 Å². The maximum atomic E-state index is 6.64. The molecule has 5 aliphatic rings. The minimum atomic E-state index is -0.0961. The van der Waals surface area contributed by atoms with Crippen LogP contribution in [0, 0.1) is 0 Å². The van der Waals surface area contributed by atoms with Gasteiger partial charge >= 0.3 is 0 Å². The highest BCUT2D eigenvalue weighted by molar-refractivity contribution is 8.32. The highest BCUT2D eigenvalue weighted by Crippen LogP contribution is 2.57. The van der Waals surface area contributed by atoms with Gasteiger partial charge < -0.3 is 4.90 Å². The topological polar surface area (TPSA) is 19.0 Å². The summed E-state index contributed by atoms with van der Waals surface area (Å²) in [6.07, 6.45) is 17.0. The van der Waals surface area contributed by atoms with Crippen molar-refractivity contribution in [2.45, 2.75) is 40.0 Å². The number of hydrogen-bond acceptors (Lipinski definition) is 8. The van der Waals surface area contributed by atoms with Gasteiger partial charge in [-0.25, -0.2) is 5.06 Å². The maximum Gasteiger partial charge on any atom is 0.153 e. The number of thioether (sulfide) groups is 4. The van der Waals surface area contributed by atoms with Crippen LogP contribution in [0.4, 0.5) is 0 Å². The van der Waals surface area contributed by atoms with Crippen LogP contribution in [0.2, 0.25) is 0 Å². The van der Waals surface area contributed by atoms with E-state index in [9.17, 15) is 0 Å². The summed E-state index contributed by atoms with van der Waals surface area (Å²) in [5, 5.41) is 6.94. The number of hydrogen-bond donors (Lipinski definition) is 0. The third-order valence-corrected chi connectivity index (χ3v) is 12.0. The second-order valence-electron chi connectivity index (χ2n) is 7.33. The molecular formula is C19H27N3OS4. The number of nitrogens with zero attached hydrogens (tertiary/aromatic N) is 3. The molecule has 8 heteroatoms. The molecule has 3 fully saturated rings. The van der Waals surface area contributed by atoms with Crippen molar-refractivity contribution in [2.75, 3.05) is 36.2 Å². The van der Waals surface area contributed by atoms with E-state index in [4.69, 9.17) is 4.94 Å². The smallest absolute Gasteiger partial charge is 0.153 e.